The summed E-state index contributed by atoms with van der Waals surface area (Å²) in [5.41, 5.74) is 0. The second-order valence-electron chi connectivity index (χ2n) is 3.40. The maximum atomic E-state index is 10.5. The molecule has 1 aromatic heterocycles. The zero-order chi connectivity index (χ0) is 12.9. The van der Waals surface area contributed by atoms with Gasteiger partial charge >= 0.3 is 0 Å². The number of nitrogens with zero attached hydrogens (tertiary/aromatic N) is 1. The zero-order valence-electron chi connectivity index (χ0n) is 8.86. The van der Waals surface area contributed by atoms with Gasteiger partial charge in [-0.25, -0.2) is 4.98 Å². The maximum Gasteiger partial charge on any atom is 0.264 e. The van der Waals surface area contributed by atoms with Crippen molar-refractivity contribution in [1.29, 1.82) is 0 Å². The minimum atomic E-state index is -3.84. The first-order chi connectivity index (χ1) is 7.88. The van der Waals surface area contributed by atoms with Crippen LogP contribution in [0.25, 0.3) is 0 Å². The van der Waals surface area contributed by atoms with E-state index in [-0.39, 0.29) is 5.75 Å². The van der Waals surface area contributed by atoms with Crippen LogP contribution in [0.1, 0.15) is 12.8 Å². The monoisotopic (exact) mass is 386 g/mol. The Hall–Kier alpha value is -0.180. The smallest absolute Gasteiger partial charge is 0.264 e. The normalized spacial score (nSPS) is 11.5. The van der Waals surface area contributed by atoms with Crippen LogP contribution >= 0.6 is 31.9 Å². The maximum absolute atomic E-state index is 10.5. The molecule has 0 fully saturated rings. The highest BCUT2D eigenvalue weighted by atomic mass is 79.9. The summed E-state index contributed by atoms with van der Waals surface area (Å²) in [5.74, 6) is 0.504. The fourth-order valence-corrected chi connectivity index (χ4v) is 2.86. The number of aromatic nitrogens is 1. The van der Waals surface area contributed by atoms with Gasteiger partial charge in [0.1, 0.15) is 5.82 Å². The standard InChI is InChI=1S/C9H12Br2N2O3S/c10-7-5-8(11)9(13-6-7)12-3-1-2-4-17(14,15)16/h5-6H,1-4H2,(H,12,13)(H,14,15,16). The first-order valence-corrected chi connectivity index (χ1v) is 8.08. The Morgan fingerprint density at radius 3 is 2.65 bits per heavy atom. The molecule has 0 aliphatic heterocycles. The number of halogens is 2. The van der Waals surface area contributed by atoms with Crippen molar-refractivity contribution < 1.29 is 13.0 Å². The molecule has 0 unspecified atom stereocenters. The molecular weight excluding hydrogens is 376 g/mol. The highest BCUT2D eigenvalue weighted by molar-refractivity contribution is 9.11. The van der Waals surface area contributed by atoms with Gasteiger partial charge in [0.25, 0.3) is 10.1 Å². The Balaban J connectivity index is 2.32. The molecule has 1 rings (SSSR count). The number of hydrogen-bond acceptors (Lipinski definition) is 4. The molecule has 0 saturated carbocycles. The lowest BCUT2D eigenvalue weighted by atomic mass is 10.3. The molecule has 5 nitrogen and oxygen atoms in total. The average molecular weight is 388 g/mol. The summed E-state index contributed by atoms with van der Waals surface area (Å²) in [6.07, 6.45) is 2.73. The molecule has 0 aliphatic carbocycles. The summed E-state index contributed by atoms with van der Waals surface area (Å²) < 4.78 is 31.2. The molecule has 0 aliphatic rings. The van der Waals surface area contributed by atoms with Crippen LogP contribution in [0.4, 0.5) is 5.82 Å². The first-order valence-electron chi connectivity index (χ1n) is 4.88. The van der Waals surface area contributed by atoms with Gasteiger partial charge in [0.15, 0.2) is 0 Å². The van der Waals surface area contributed by atoms with Gasteiger partial charge in [-0.2, -0.15) is 8.42 Å². The lowest BCUT2D eigenvalue weighted by Crippen LogP contribution is -2.08. The molecular formula is C9H12Br2N2O3S. The van der Waals surface area contributed by atoms with Crippen molar-refractivity contribution in [3.63, 3.8) is 0 Å². The van der Waals surface area contributed by atoms with Gasteiger partial charge in [0, 0.05) is 17.2 Å². The predicted molar refractivity (Wildman–Crippen MR) is 73.8 cm³/mol. The summed E-state index contributed by atoms with van der Waals surface area (Å²) in [5, 5.41) is 3.07. The second kappa shape index (κ2) is 6.67. The van der Waals surface area contributed by atoms with Crippen molar-refractivity contribution in [3.8, 4) is 0 Å². The van der Waals surface area contributed by atoms with Crippen LogP contribution in [-0.4, -0.2) is 30.3 Å². The van der Waals surface area contributed by atoms with Gasteiger partial charge in [-0.3, -0.25) is 4.55 Å². The molecule has 0 saturated heterocycles. The number of unbranched alkanes of at least 4 members (excludes halogenated alkanes) is 1. The quantitative estimate of drug-likeness (QED) is 0.579. The van der Waals surface area contributed by atoms with Crippen molar-refractivity contribution in [1.82, 2.24) is 4.98 Å². The largest absolute Gasteiger partial charge is 0.369 e. The van der Waals surface area contributed by atoms with Gasteiger partial charge in [-0.05, 0) is 50.8 Å². The van der Waals surface area contributed by atoms with Crippen LogP contribution in [-0.2, 0) is 10.1 Å². The van der Waals surface area contributed by atoms with Gasteiger partial charge in [-0.15, -0.1) is 0 Å². The van der Waals surface area contributed by atoms with Crippen LogP contribution in [0.5, 0.6) is 0 Å². The minimum Gasteiger partial charge on any atom is -0.369 e. The third-order valence-corrected chi connectivity index (χ3v) is 3.77. The van der Waals surface area contributed by atoms with Crippen LogP contribution in [0.15, 0.2) is 21.2 Å². The van der Waals surface area contributed by atoms with Crippen LogP contribution < -0.4 is 5.32 Å². The van der Waals surface area contributed by atoms with E-state index < -0.39 is 10.1 Å². The third kappa shape index (κ3) is 6.35. The number of nitrogens with one attached hydrogen (secondary N) is 1. The summed E-state index contributed by atoms with van der Waals surface area (Å²) in [6.45, 7) is 0.600. The van der Waals surface area contributed by atoms with Gasteiger partial charge in [0.05, 0.1) is 10.2 Å². The lowest BCUT2D eigenvalue weighted by molar-refractivity contribution is 0.480. The molecule has 1 aromatic rings. The average Bonchev–Trinajstić information content (AvgIpc) is 2.18. The van der Waals surface area contributed by atoms with E-state index in [1.165, 1.54) is 0 Å². The number of hydrogen-bond donors (Lipinski definition) is 2. The SMILES string of the molecule is O=S(=O)(O)CCCCNc1ncc(Br)cc1Br. The molecule has 1 heterocycles. The van der Waals surface area contributed by atoms with Crippen molar-refractivity contribution in [2.45, 2.75) is 12.8 Å². The predicted octanol–water partition coefficient (Wildman–Crippen LogP) is 2.69. The van der Waals surface area contributed by atoms with Crippen molar-refractivity contribution >= 4 is 47.8 Å². The van der Waals surface area contributed by atoms with Crippen LogP contribution in [0.2, 0.25) is 0 Å². The second-order valence-corrected chi connectivity index (χ2v) is 6.75. The molecule has 0 aromatic carbocycles. The van der Waals surface area contributed by atoms with E-state index in [0.717, 1.165) is 8.95 Å². The van der Waals surface area contributed by atoms with E-state index in [0.29, 0.717) is 25.2 Å². The van der Waals surface area contributed by atoms with Crippen molar-refractivity contribution in [3.05, 3.63) is 21.2 Å². The van der Waals surface area contributed by atoms with Gasteiger partial charge in [-0.1, -0.05) is 0 Å². The first kappa shape index (κ1) is 14.9. The van der Waals surface area contributed by atoms with Gasteiger partial charge in [0.2, 0.25) is 0 Å². The van der Waals surface area contributed by atoms with Crippen LogP contribution in [0, 0.1) is 0 Å². The number of pyridine rings is 1. The van der Waals surface area contributed by atoms with E-state index >= 15 is 0 Å². The van der Waals surface area contributed by atoms with Gasteiger partial charge < -0.3 is 5.32 Å². The van der Waals surface area contributed by atoms with E-state index in [1.54, 1.807) is 6.20 Å². The van der Waals surface area contributed by atoms with Crippen LogP contribution in [0.3, 0.4) is 0 Å². The van der Waals surface area contributed by atoms with Crippen molar-refractivity contribution in [2.75, 3.05) is 17.6 Å². The zero-order valence-corrected chi connectivity index (χ0v) is 12.8. The molecule has 0 bridgehead atoms. The third-order valence-electron chi connectivity index (χ3n) is 1.93. The lowest BCUT2D eigenvalue weighted by Gasteiger charge is -2.07. The molecule has 2 N–H and O–H groups in total. The Kier molecular flexibility index (Phi) is 5.84. The number of anilines is 1. The minimum absolute atomic E-state index is 0.205. The Bertz CT molecular complexity index is 479. The highest BCUT2D eigenvalue weighted by Gasteiger charge is 2.04. The van der Waals surface area contributed by atoms with Crippen molar-refractivity contribution in [2.24, 2.45) is 0 Å². The molecule has 0 amide bonds. The molecule has 17 heavy (non-hydrogen) atoms. The van der Waals surface area contributed by atoms with E-state index in [2.05, 4.69) is 42.2 Å². The highest BCUT2D eigenvalue weighted by Crippen LogP contribution is 2.23. The molecule has 8 heteroatoms. The molecule has 0 spiro atoms. The topological polar surface area (TPSA) is 79.3 Å². The fraction of sp³-hybridized carbons (Fsp3) is 0.444. The summed E-state index contributed by atoms with van der Waals surface area (Å²) in [7, 11) is -3.84. The van der Waals surface area contributed by atoms with E-state index in [9.17, 15) is 8.42 Å². The Morgan fingerprint density at radius 2 is 2.06 bits per heavy atom. The van der Waals surface area contributed by atoms with E-state index in [4.69, 9.17) is 4.55 Å². The molecule has 96 valence electrons. The summed E-state index contributed by atoms with van der Waals surface area (Å²) >= 11 is 6.65. The molecule has 0 radical (unpaired) electrons. The van der Waals surface area contributed by atoms with E-state index in [1.807, 2.05) is 6.07 Å². The summed E-state index contributed by atoms with van der Waals surface area (Å²) in [6, 6.07) is 1.87. The fourth-order valence-electron chi connectivity index (χ4n) is 1.16. The number of rotatable bonds is 6. The Labute approximate surface area is 117 Å². The molecule has 0 atom stereocenters. The summed E-state index contributed by atoms with van der Waals surface area (Å²) in [4.78, 5) is 4.15. The Morgan fingerprint density at radius 1 is 1.35 bits per heavy atom.